The molecular formula is C11H14N2S. The first-order valence-electron chi connectivity index (χ1n) is 5.27. The topological polar surface area (TPSA) is 17.3 Å². The van der Waals surface area contributed by atoms with E-state index in [1.165, 1.54) is 37.1 Å². The number of aryl methyl sites for hydroxylation is 1. The van der Waals surface area contributed by atoms with Crippen LogP contribution in [-0.2, 0) is 0 Å². The highest BCUT2D eigenvalue weighted by atomic mass is 32.1. The molecule has 1 aliphatic rings. The van der Waals surface area contributed by atoms with Crippen LogP contribution in [0.2, 0.25) is 0 Å². The van der Waals surface area contributed by atoms with E-state index < -0.39 is 0 Å². The summed E-state index contributed by atoms with van der Waals surface area (Å²) in [5.41, 5.74) is 2.62. The van der Waals surface area contributed by atoms with Gasteiger partial charge in [0.2, 0.25) is 0 Å². The fraction of sp³-hybridized carbons (Fsp3) is 0.545. The lowest BCUT2D eigenvalue weighted by Gasteiger charge is -2.02. The van der Waals surface area contributed by atoms with Crippen molar-refractivity contribution in [3.63, 3.8) is 0 Å². The Hall–Kier alpha value is -0.830. The van der Waals surface area contributed by atoms with Crippen molar-refractivity contribution in [2.24, 2.45) is 0 Å². The van der Waals surface area contributed by atoms with Crippen molar-refractivity contribution < 1.29 is 0 Å². The molecule has 0 amide bonds. The molecule has 2 nitrogen and oxygen atoms in total. The molecule has 1 aliphatic carbocycles. The monoisotopic (exact) mass is 206 g/mol. The Morgan fingerprint density at radius 3 is 2.93 bits per heavy atom. The molecule has 2 aromatic heterocycles. The van der Waals surface area contributed by atoms with E-state index in [4.69, 9.17) is 4.98 Å². The Labute approximate surface area is 87.6 Å². The second-order valence-electron chi connectivity index (χ2n) is 4.18. The summed E-state index contributed by atoms with van der Waals surface area (Å²) in [6.45, 7) is 2.14. The maximum atomic E-state index is 4.70. The number of thiazole rings is 1. The van der Waals surface area contributed by atoms with E-state index in [9.17, 15) is 0 Å². The SMILES string of the molecule is Cc1csc2nc(C3CCCC3)cn12. The number of hydrogen-bond donors (Lipinski definition) is 0. The molecule has 0 N–H and O–H groups in total. The third kappa shape index (κ3) is 1.19. The summed E-state index contributed by atoms with van der Waals surface area (Å²) in [5.74, 6) is 0.737. The number of aromatic nitrogens is 2. The smallest absolute Gasteiger partial charge is 0.194 e. The molecule has 0 radical (unpaired) electrons. The third-order valence-electron chi connectivity index (χ3n) is 3.18. The zero-order chi connectivity index (χ0) is 9.54. The Morgan fingerprint density at radius 1 is 1.43 bits per heavy atom. The molecule has 0 spiro atoms. The summed E-state index contributed by atoms with van der Waals surface area (Å²) in [7, 11) is 0. The van der Waals surface area contributed by atoms with Crippen LogP contribution in [-0.4, -0.2) is 9.38 Å². The van der Waals surface area contributed by atoms with Crippen molar-refractivity contribution >= 4 is 16.3 Å². The van der Waals surface area contributed by atoms with Gasteiger partial charge in [-0.3, -0.25) is 4.40 Å². The van der Waals surface area contributed by atoms with E-state index in [2.05, 4.69) is 22.9 Å². The predicted molar refractivity (Wildman–Crippen MR) is 59.0 cm³/mol. The van der Waals surface area contributed by atoms with Crippen LogP contribution < -0.4 is 0 Å². The summed E-state index contributed by atoms with van der Waals surface area (Å²) < 4.78 is 2.22. The van der Waals surface area contributed by atoms with Gasteiger partial charge in [0.1, 0.15) is 0 Å². The molecule has 74 valence electrons. The molecule has 0 aliphatic heterocycles. The molecule has 0 bridgehead atoms. The molecule has 3 heteroatoms. The zero-order valence-corrected chi connectivity index (χ0v) is 9.18. The van der Waals surface area contributed by atoms with Crippen LogP contribution in [0.25, 0.3) is 4.96 Å². The lowest BCUT2D eigenvalue weighted by molar-refractivity contribution is 0.703. The summed E-state index contributed by atoms with van der Waals surface area (Å²) >= 11 is 1.75. The number of hydrogen-bond acceptors (Lipinski definition) is 2. The molecule has 0 aromatic carbocycles. The summed E-state index contributed by atoms with van der Waals surface area (Å²) in [6.07, 6.45) is 7.68. The van der Waals surface area contributed by atoms with Crippen LogP contribution in [0.1, 0.15) is 43.0 Å². The van der Waals surface area contributed by atoms with Gasteiger partial charge in [0.25, 0.3) is 0 Å². The minimum atomic E-state index is 0.737. The van der Waals surface area contributed by atoms with Crippen molar-refractivity contribution in [3.05, 3.63) is 23.0 Å². The first-order chi connectivity index (χ1) is 6.84. The average molecular weight is 206 g/mol. The highest BCUT2D eigenvalue weighted by Gasteiger charge is 2.20. The first-order valence-corrected chi connectivity index (χ1v) is 6.15. The molecular weight excluding hydrogens is 192 g/mol. The van der Waals surface area contributed by atoms with E-state index in [1.54, 1.807) is 11.3 Å². The Kier molecular flexibility index (Phi) is 1.87. The Balaban J connectivity index is 2.05. The maximum Gasteiger partial charge on any atom is 0.194 e. The van der Waals surface area contributed by atoms with Gasteiger partial charge in [-0.1, -0.05) is 12.8 Å². The molecule has 2 aromatic rings. The van der Waals surface area contributed by atoms with Gasteiger partial charge in [-0.25, -0.2) is 4.98 Å². The molecule has 2 heterocycles. The van der Waals surface area contributed by atoms with Gasteiger partial charge in [-0.15, -0.1) is 11.3 Å². The minimum Gasteiger partial charge on any atom is -0.295 e. The number of nitrogens with zero attached hydrogens (tertiary/aromatic N) is 2. The van der Waals surface area contributed by atoms with Crippen LogP contribution in [0, 0.1) is 6.92 Å². The molecule has 0 unspecified atom stereocenters. The van der Waals surface area contributed by atoms with Crippen molar-refractivity contribution in [1.82, 2.24) is 9.38 Å². The highest BCUT2D eigenvalue weighted by molar-refractivity contribution is 7.15. The average Bonchev–Trinajstić information content (AvgIpc) is 2.83. The van der Waals surface area contributed by atoms with Crippen LogP contribution >= 0.6 is 11.3 Å². The Bertz CT molecular complexity index is 449. The van der Waals surface area contributed by atoms with Gasteiger partial charge >= 0.3 is 0 Å². The predicted octanol–water partition coefficient (Wildman–Crippen LogP) is 3.36. The fourth-order valence-electron chi connectivity index (χ4n) is 2.33. The number of fused-ring (bicyclic) bond motifs is 1. The van der Waals surface area contributed by atoms with Crippen LogP contribution in [0.5, 0.6) is 0 Å². The number of imidazole rings is 1. The quantitative estimate of drug-likeness (QED) is 0.699. The second kappa shape index (κ2) is 3.09. The molecule has 1 fully saturated rings. The van der Waals surface area contributed by atoms with Crippen LogP contribution in [0.3, 0.4) is 0 Å². The first kappa shape index (κ1) is 8.48. The number of rotatable bonds is 1. The van der Waals surface area contributed by atoms with Gasteiger partial charge in [-0.05, 0) is 19.8 Å². The van der Waals surface area contributed by atoms with E-state index >= 15 is 0 Å². The van der Waals surface area contributed by atoms with Crippen molar-refractivity contribution in [2.45, 2.75) is 38.5 Å². The van der Waals surface area contributed by atoms with Crippen molar-refractivity contribution in [3.8, 4) is 0 Å². The summed E-state index contributed by atoms with van der Waals surface area (Å²) in [5, 5.41) is 2.17. The lowest BCUT2D eigenvalue weighted by atomic mass is 10.1. The lowest BCUT2D eigenvalue weighted by Crippen LogP contribution is -1.91. The fourth-order valence-corrected chi connectivity index (χ4v) is 3.19. The summed E-state index contributed by atoms with van der Waals surface area (Å²) in [4.78, 5) is 5.85. The molecule has 14 heavy (non-hydrogen) atoms. The van der Waals surface area contributed by atoms with E-state index in [1.807, 2.05) is 0 Å². The normalized spacial score (nSPS) is 18.4. The van der Waals surface area contributed by atoms with Crippen molar-refractivity contribution in [2.75, 3.05) is 0 Å². The molecule has 0 atom stereocenters. The van der Waals surface area contributed by atoms with Crippen molar-refractivity contribution in [1.29, 1.82) is 0 Å². The van der Waals surface area contributed by atoms with Gasteiger partial charge in [0, 0.05) is 23.2 Å². The van der Waals surface area contributed by atoms with Gasteiger partial charge in [0.05, 0.1) is 5.69 Å². The van der Waals surface area contributed by atoms with E-state index in [0.717, 1.165) is 10.9 Å². The highest BCUT2D eigenvalue weighted by Crippen LogP contribution is 2.34. The standard InChI is InChI=1S/C11H14N2S/c1-8-7-14-11-12-10(6-13(8)11)9-4-2-3-5-9/h6-7,9H,2-5H2,1H3. The molecule has 0 saturated heterocycles. The van der Waals surface area contributed by atoms with Crippen LogP contribution in [0.15, 0.2) is 11.6 Å². The molecule has 1 saturated carbocycles. The van der Waals surface area contributed by atoms with Gasteiger partial charge in [0.15, 0.2) is 4.96 Å². The Morgan fingerprint density at radius 2 is 2.21 bits per heavy atom. The second-order valence-corrected chi connectivity index (χ2v) is 5.01. The van der Waals surface area contributed by atoms with Crippen LogP contribution in [0.4, 0.5) is 0 Å². The third-order valence-corrected chi connectivity index (χ3v) is 4.14. The van der Waals surface area contributed by atoms with Gasteiger partial charge in [-0.2, -0.15) is 0 Å². The van der Waals surface area contributed by atoms with E-state index in [-0.39, 0.29) is 0 Å². The largest absolute Gasteiger partial charge is 0.295 e. The zero-order valence-electron chi connectivity index (χ0n) is 8.36. The van der Waals surface area contributed by atoms with Gasteiger partial charge < -0.3 is 0 Å². The molecule has 3 rings (SSSR count). The van der Waals surface area contributed by atoms with E-state index in [0.29, 0.717) is 0 Å². The minimum absolute atomic E-state index is 0.737. The maximum absolute atomic E-state index is 4.70. The summed E-state index contributed by atoms with van der Waals surface area (Å²) in [6, 6.07) is 0.